The van der Waals surface area contributed by atoms with Gasteiger partial charge in [-0.05, 0) is 52.9 Å². The van der Waals surface area contributed by atoms with Crippen molar-refractivity contribution in [3.63, 3.8) is 0 Å². The zero-order valence-electron chi connectivity index (χ0n) is 11.5. The van der Waals surface area contributed by atoms with E-state index in [1.807, 2.05) is 0 Å². The summed E-state index contributed by atoms with van der Waals surface area (Å²) in [7, 11) is 6.52. The molecule has 0 aromatic heterocycles. The molecular formula is C13H29N3. The number of hydrogen-bond acceptors (Lipinski definition) is 3. The van der Waals surface area contributed by atoms with E-state index in [0.717, 1.165) is 18.5 Å². The van der Waals surface area contributed by atoms with Crippen LogP contribution in [0.4, 0.5) is 0 Å². The molecule has 0 bridgehead atoms. The highest BCUT2D eigenvalue weighted by Gasteiger charge is 2.31. The van der Waals surface area contributed by atoms with Gasteiger partial charge in [-0.3, -0.25) is 0 Å². The predicted molar refractivity (Wildman–Crippen MR) is 70.9 cm³/mol. The normalized spacial score (nSPS) is 18.4. The Bertz CT molecular complexity index is 178. The maximum absolute atomic E-state index is 3.69. The van der Waals surface area contributed by atoms with Crippen LogP contribution in [0.15, 0.2) is 0 Å². The van der Waals surface area contributed by atoms with Crippen LogP contribution in [0.25, 0.3) is 0 Å². The fourth-order valence-electron chi connectivity index (χ4n) is 2.01. The quantitative estimate of drug-likeness (QED) is 0.640. The lowest BCUT2D eigenvalue weighted by Gasteiger charge is -2.26. The molecule has 1 atom stereocenters. The summed E-state index contributed by atoms with van der Waals surface area (Å²) in [5.74, 6) is 0.952. The van der Waals surface area contributed by atoms with Crippen molar-refractivity contribution in [1.29, 1.82) is 0 Å². The van der Waals surface area contributed by atoms with Crippen molar-refractivity contribution in [3.8, 4) is 0 Å². The standard InChI is InChI=1S/C13H29N3/c1-5-8-14-13(12-6-7-12)11-16(4)10-9-15(2)3/h12-14H,5-11H2,1-4H3. The first-order chi connectivity index (χ1) is 7.63. The first-order valence-electron chi connectivity index (χ1n) is 6.70. The van der Waals surface area contributed by atoms with Gasteiger partial charge in [0.2, 0.25) is 0 Å². The molecule has 1 N–H and O–H groups in total. The second kappa shape index (κ2) is 7.25. The van der Waals surface area contributed by atoms with Crippen LogP contribution < -0.4 is 5.32 Å². The molecule has 1 rings (SSSR count). The molecule has 0 spiro atoms. The van der Waals surface area contributed by atoms with Crippen LogP contribution in [0.5, 0.6) is 0 Å². The van der Waals surface area contributed by atoms with Gasteiger partial charge in [0.05, 0.1) is 0 Å². The van der Waals surface area contributed by atoms with E-state index in [9.17, 15) is 0 Å². The summed E-state index contributed by atoms with van der Waals surface area (Å²) in [6.07, 6.45) is 4.11. The molecule has 96 valence electrons. The second-order valence-electron chi connectivity index (χ2n) is 5.46. The zero-order chi connectivity index (χ0) is 12.0. The van der Waals surface area contributed by atoms with Crippen molar-refractivity contribution in [2.24, 2.45) is 5.92 Å². The fraction of sp³-hybridized carbons (Fsp3) is 1.00. The van der Waals surface area contributed by atoms with Gasteiger partial charge in [0, 0.05) is 25.7 Å². The van der Waals surface area contributed by atoms with E-state index in [1.54, 1.807) is 0 Å². The van der Waals surface area contributed by atoms with Crippen molar-refractivity contribution in [2.45, 2.75) is 32.2 Å². The molecule has 3 heteroatoms. The molecule has 3 nitrogen and oxygen atoms in total. The molecule has 0 aromatic rings. The van der Waals surface area contributed by atoms with E-state index >= 15 is 0 Å². The minimum absolute atomic E-state index is 0.729. The van der Waals surface area contributed by atoms with Crippen LogP contribution >= 0.6 is 0 Å². The van der Waals surface area contributed by atoms with Gasteiger partial charge < -0.3 is 15.1 Å². The van der Waals surface area contributed by atoms with E-state index in [0.29, 0.717) is 0 Å². The SMILES string of the molecule is CCCNC(CN(C)CCN(C)C)C1CC1. The summed E-state index contributed by atoms with van der Waals surface area (Å²) in [6, 6.07) is 0.729. The summed E-state index contributed by atoms with van der Waals surface area (Å²) in [4.78, 5) is 4.72. The van der Waals surface area contributed by atoms with E-state index in [2.05, 4.69) is 43.2 Å². The van der Waals surface area contributed by atoms with E-state index < -0.39 is 0 Å². The summed E-state index contributed by atoms with van der Waals surface area (Å²) in [5, 5.41) is 3.69. The highest BCUT2D eigenvalue weighted by molar-refractivity contribution is 4.88. The van der Waals surface area contributed by atoms with Crippen molar-refractivity contribution in [1.82, 2.24) is 15.1 Å². The Balaban J connectivity index is 2.19. The zero-order valence-corrected chi connectivity index (χ0v) is 11.5. The average molecular weight is 227 g/mol. The van der Waals surface area contributed by atoms with Crippen LogP contribution in [0, 0.1) is 5.92 Å². The monoisotopic (exact) mass is 227 g/mol. The number of rotatable bonds is 9. The molecule has 0 heterocycles. The maximum atomic E-state index is 3.69. The first kappa shape index (κ1) is 13.9. The third kappa shape index (κ3) is 5.83. The van der Waals surface area contributed by atoms with Gasteiger partial charge in [-0.2, -0.15) is 0 Å². The van der Waals surface area contributed by atoms with Crippen molar-refractivity contribution < 1.29 is 0 Å². The van der Waals surface area contributed by atoms with Crippen LogP contribution in [0.3, 0.4) is 0 Å². The first-order valence-corrected chi connectivity index (χ1v) is 6.70. The molecule has 0 amide bonds. The van der Waals surface area contributed by atoms with Crippen LogP contribution in [-0.2, 0) is 0 Å². The van der Waals surface area contributed by atoms with E-state index in [-0.39, 0.29) is 0 Å². The molecule has 0 aliphatic heterocycles. The predicted octanol–water partition coefficient (Wildman–Crippen LogP) is 1.26. The van der Waals surface area contributed by atoms with Gasteiger partial charge >= 0.3 is 0 Å². The molecule has 1 aliphatic rings. The Morgan fingerprint density at radius 2 is 1.88 bits per heavy atom. The minimum Gasteiger partial charge on any atom is -0.312 e. The van der Waals surface area contributed by atoms with Crippen molar-refractivity contribution in [2.75, 3.05) is 47.3 Å². The number of likely N-dealkylation sites (N-methyl/N-ethyl adjacent to an activating group) is 2. The second-order valence-corrected chi connectivity index (χ2v) is 5.46. The van der Waals surface area contributed by atoms with Crippen LogP contribution in [0.2, 0.25) is 0 Å². The van der Waals surface area contributed by atoms with Crippen molar-refractivity contribution in [3.05, 3.63) is 0 Å². The largest absolute Gasteiger partial charge is 0.312 e. The van der Waals surface area contributed by atoms with Crippen LogP contribution in [0.1, 0.15) is 26.2 Å². The Kier molecular flexibility index (Phi) is 6.32. The van der Waals surface area contributed by atoms with Crippen molar-refractivity contribution >= 4 is 0 Å². The molecule has 1 saturated carbocycles. The number of nitrogens with one attached hydrogen (secondary N) is 1. The fourth-order valence-corrected chi connectivity index (χ4v) is 2.01. The topological polar surface area (TPSA) is 18.5 Å². The minimum atomic E-state index is 0.729. The van der Waals surface area contributed by atoms with Gasteiger partial charge in [0.15, 0.2) is 0 Å². The molecule has 16 heavy (non-hydrogen) atoms. The molecule has 1 unspecified atom stereocenters. The lowest BCUT2D eigenvalue weighted by Crippen LogP contribution is -2.43. The molecular weight excluding hydrogens is 198 g/mol. The summed E-state index contributed by atoms with van der Waals surface area (Å²) in [5.41, 5.74) is 0. The third-order valence-corrected chi connectivity index (χ3v) is 3.28. The van der Waals surface area contributed by atoms with Gasteiger partial charge in [0.25, 0.3) is 0 Å². The Labute approximate surface area is 101 Å². The Morgan fingerprint density at radius 3 is 2.38 bits per heavy atom. The van der Waals surface area contributed by atoms with Gasteiger partial charge in [-0.15, -0.1) is 0 Å². The van der Waals surface area contributed by atoms with E-state index in [1.165, 1.54) is 38.9 Å². The van der Waals surface area contributed by atoms with Gasteiger partial charge in [-0.1, -0.05) is 6.92 Å². The van der Waals surface area contributed by atoms with Gasteiger partial charge in [0.1, 0.15) is 0 Å². The Morgan fingerprint density at radius 1 is 1.19 bits per heavy atom. The summed E-state index contributed by atoms with van der Waals surface area (Å²) < 4.78 is 0. The lowest BCUT2D eigenvalue weighted by molar-refractivity contribution is 0.246. The average Bonchev–Trinajstić information content (AvgIpc) is 3.05. The van der Waals surface area contributed by atoms with Crippen LogP contribution in [-0.4, -0.2) is 63.2 Å². The summed E-state index contributed by atoms with van der Waals surface area (Å²) >= 11 is 0. The third-order valence-electron chi connectivity index (χ3n) is 3.28. The smallest absolute Gasteiger partial charge is 0.0223 e. The Hall–Kier alpha value is -0.120. The van der Waals surface area contributed by atoms with E-state index in [4.69, 9.17) is 0 Å². The molecule has 0 saturated heterocycles. The molecule has 0 aromatic carbocycles. The number of hydrogen-bond donors (Lipinski definition) is 1. The maximum Gasteiger partial charge on any atom is 0.0223 e. The summed E-state index contributed by atoms with van der Waals surface area (Å²) in [6.45, 7) is 6.94. The highest BCUT2D eigenvalue weighted by atomic mass is 15.2. The highest BCUT2D eigenvalue weighted by Crippen LogP contribution is 2.32. The number of nitrogens with zero attached hydrogens (tertiary/aromatic N) is 2. The molecule has 0 radical (unpaired) electrons. The molecule has 1 fully saturated rings. The molecule has 1 aliphatic carbocycles. The van der Waals surface area contributed by atoms with Gasteiger partial charge in [-0.25, -0.2) is 0 Å². The lowest BCUT2D eigenvalue weighted by atomic mass is 10.1.